The van der Waals surface area contributed by atoms with E-state index in [0.29, 0.717) is 11.2 Å². The molecule has 102 valence electrons. The van der Waals surface area contributed by atoms with E-state index in [1.807, 2.05) is 6.92 Å². The molecule has 0 saturated heterocycles. The molecule has 0 unspecified atom stereocenters. The van der Waals surface area contributed by atoms with Gasteiger partial charge in [-0.25, -0.2) is 0 Å². The highest BCUT2D eigenvalue weighted by Crippen LogP contribution is 2.28. The van der Waals surface area contributed by atoms with Crippen molar-refractivity contribution in [2.24, 2.45) is 0 Å². The first-order valence-corrected chi connectivity index (χ1v) is 6.32. The molecular formula is C8H16F3N2O3P. The molecule has 0 fully saturated rings. The van der Waals surface area contributed by atoms with Crippen molar-refractivity contribution in [3.8, 4) is 0 Å². The van der Waals surface area contributed by atoms with Crippen molar-refractivity contribution in [1.29, 1.82) is 0 Å². The van der Waals surface area contributed by atoms with Crippen molar-refractivity contribution in [3.05, 3.63) is 0 Å². The molecule has 9 heteroatoms. The maximum atomic E-state index is 11.9. The maximum Gasteiger partial charge on any atom is 0.472 e. The molecule has 0 aromatic carbocycles. The van der Waals surface area contributed by atoms with Crippen molar-refractivity contribution >= 4 is 14.4 Å². The van der Waals surface area contributed by atoms with Crippen LogP contribution < -0.4 is 5.43 Å². The fourth-order valence-electron chi connectivity index (χ4n) is 1.06. The zero-order chi connectivity index (χ0) is 13.5. The number of nitrogens with zero attached hydrogens (tertiary/aromatic N) is 1. The van der Waals surface area contributed by atoms with Crippen LogP contribution in [0.1, 0.15) is 32.6 Å². The van der Waals surface area contributed by atoms with Crippen LogP contribution in [0, 0.1) is 0 Å². The molecule has 0 aromatic rings. The number of unbranched alkanes of at least 4 members (excludes halogenated alkanes) is 3. The molecule has 0 aliphatic carbocycles. The number of halogens is 3. The van der Waals surface area contributed by atoms with Crippen LogP contribution in [-0.4, -0.2) is 33.2 Å². The van der Waals surface area contributed by atoms with Gasteiger partial charge < -0.3 is 9.79 Å². The molecule has 17 heavy (non-hydrogen) atoms. The molecule has 0 atom stereocenters. The minimum atomic E-state index is -5.03. The fraction of sp³-hybridized carbons (Fsp3) is 0.875. The number of hydrogen-bond acceptors (Lipinski definition) is 4. The molecule has 0 radical (unpaired) electrons. The van der Waals surface area contributed by atoms with E-state index in [2.05, 4.69) is 0 Å². The first kappa shape index (κ1) is 16.6. The van der Waals surface area contributed by atoms with Gasteiger partial charge in [-0.05, 0) is 6.42 Å². The first-order chi connectivity index (χ1) is 7.79. The summed E-state index contributed by atoms with van der Waals surface area (Å²) in [6.07, 6.45) is -1.96. The number of hydrogen-bond donors (Lipinski definition) is 3. The summed E-state index contributed by atoms with van der Waals surface area (Å²) in [6, 6.07) is 0. The molecule has 1 amide bonds. The summed E-state index contributed by atoms with van der Waals surface area (Å²) < 4.78 is 36.3. The van der Waals surface area contributed by atoms with Gasteiger partial charge in [0.1, 0.15) is 0 Å². The Bertz CT molecular complexity index is 239. The van der Waals surface area contributed by atoms with Gasteiger partial charge in [0.2, 0.25) is 0 Å². The van der Waals surface area contributed by atoms with Crippen molar-refractivity contribution < 1.29 is 27.8 Å². The van der Waals surface area contributed by atoms with E-state index in [1.165, 1.54) is 5.43 Å². The van der Waals surface area contributed by atoms with E-state index < -0.39 is 20.6 Å². The average molecular weight is 276 g/mol. The van der Waals surface area contributed by atoms with E-state index >= 15 is 0 Å². The highest BCUT2D eigenvalue weighted by atomic mass is 31.2. The topological polar surface area (TPSA) is 72.8 Å². The van der Waals surface area contributed by atoms with Gasteiger partial charge in [-0.15, -0.1) is 0 Å². The fourth-order valence-corrected chi connectivity index (χ4v) is 1.56. The summed E-state index contributed by atoms with van der Waals surface area (Å²) in [4.78, 5) is 28.3. The predicted octanol–water partition coefficient (Wildman–Crippen LogP) is 1.67. The summed E-state index contributed by atoms with van der Waals surface area (Å²) in [5.41, 5.74) is 1.43. The number of nitrogens with one attached hydrogen (secondary N) is 1. The van der Waals surface area contributed by atoms with Crippen molar-refractivity contribution in [3.63, 3.8) is 0 Å². The lowest BCUT2D eigenvalue weighted by Gasteiger charge is -2.23. The van der Waals surface area contributed by atoms with Gasteiger partial charge in [0, 0.05) is 6.54 Å². The van der Waals surface area contributed by atoms with Crippen LogP contribution in [0.5, 0.6) is 0 Å². The highest BCUT2D eigenvalue weighted by Gasteiger charge is 2.40. The Morgan fingerprint density at radius 3 is 2.29 bits per heavy atom. The third-order valence-electron chi connectivity index (χ3n) is 1.93. The second kappa shape index (κ2) is 7.81. The van der Waals surface area contributed by atoms with Crippen molar-refractivity contribution in [2.45, 2.75) is 38.8 Å². The summed E-state index contributed by atoms with van der Waals surface area (Å²) >= 11 is 0. The Hall–Kier alpha value is -0.430. The van der Waals surface area contributed by atoms with Gasteiger partial charge in [0.15, 0.2) is 0 Å². The molecule has 3 N–H and O–H groups in total. The lowest BCUT2D eigenvalue weighted by atomic mass is 10.2. The quantitative estimate of drug-likeness (QED) is 0.376. The molecule has 5 nitrogen and oxygen atoms in total. The van der Waals surface area contributed by atoms with Gasteiger partial charge in [0.25, 0.3) is 8.53 Å². The molecule has 0 aliphatic heterocycles. The number of amides is 1. The van der Waals surface area contributed by atoms with Crippen LogP contribution in [0.3, 0.4) is 0 Å². The summed E-state index contributed by atoms with van der Waals surface area (Å²) in [5.74, 6) is -2.21. The second-order valence-corrected chi connectivity index (χ2v) is 4.41. The predicted molar refractivity (Wildman–Crippen MR) is 56.4 cm³/mol. The largest absolute Gasteiger partial charge is 0.472 e. The van der Waals surface area contributed by atoms with Crippen LogP contribution in [0.2, 0.25) is 0 Å². The van der Waals surface area contributed by atoms with Gasteiger partial charge in [-0.2, -0.15) is 18.0 Å². The number of rotatable bonds is 7. The maximum absolute atomic E-state index is 11.9. The zero-order valence-corrected chi connectivity index (χ0v) is 10.3. The standard InChI is InChI=1S/C8H16F3N2O3P/c1-2-3-4-5-6-13(17(15)16)12-7(14)8(9,10)11/h15-16H,2-6H2,1H3,(H,12,14). The molecule has 0 rings (SSSR count). The molecular weight excluding hydrogens is 260 g/mol. The number of hydrazine groups is 1. The smallest absolute Gasteiger partial charge is 0.337 e. The lowest BCUT2D eigenvalue weighted by Crippen LogP contribution is -2.45. The van der Waals surface area contributed by atoms with Crippen LogP contribution in [0.15, 0.2) is 0 Å². The molecule has 0 heterocycles. The van der Waals surface area contributed by atoms with E-state index in [9.17, 15) is 18.0 Å². The minimum Gasteiger partial charge on any atom is -0.337 e. The van der Waals surface area contributed by atoms with Crippen LogP contribution >= 0.6 is 8.53 Å². The number of carbonyl (C=O) groups excluding carboxylic acids is 1. The monoisotopic (exact) mass is 276 g/mol. The summed E-state index contributed by atoms with van der Waals surface area (Å²) in [6.45, 7) is 1.94. The normalized spacial score (nSPS) is 12.2. The molecule has 0 aliphatic rings. The Balaban J connectivity index is 4.12. The Labute approximate surface area is 98.5 Å². The average Bonchev–Trinajstić information content (AvgIpc) is 2.20. The molecule has 0 bridgehead atoms. The van der Waals surface area contributed by atoms with E-state index in [-0.39, 0.29) is 6.54 Å². The van der Waals surface area contributed by atoms with Gasteiger partial charge in [-0.3, -0.25) is 10.2 Å². The Kier molecular flexibility index (Phi) is 7.61. The van der Waals surface area contributed by atoms with Gasteiger partial charge in [0.05, 0.1) is 0 Å². The first-order valence-electron chi connectivity index (χ1n) is 5.12. The molecule has 0 spiro atoms. The second-order valence-electron chi connectivity index (χ2n) is 3.39. The van der Waals surface area contributed by atoms with E-state index in [1.54, 1.807) is 0 Å². The SMILES string of the molecule is CCCCCCN(NC(=O)C(F)(F)F)P(O)O. The van der Waals surface area contributed by atoms with E-state index in [4.69, 9.17) is 9.79 Å². The summed E-state index contributed by atoms with van der Waals surface area (Å²) in [5, 5.41) is 0. The molecule has 0 saturated carbocycles. The van der Waals surface area contributed by atoms with Crippen molar-refractivity contribution in [2.75, 3.05) is 6.54 Å². The van der Waals surface area contributed by atoms with Gasteiger partial charge >= 0.3 is 12.1 Å². The van der Waals surface area contributed by atoms with Crippen LogP contribution in [0.4, 0.5) is 13.2 Å². The third kappa shape index (κ3) is 7.49. The third-order valence-corrected chi connectivity index (χ3v) is 2.66. The number of alkyl halides is 3. The summed E-state index contributed by atoms with van der Waals surface area (Å²) in [7, 11) is -2.76. The minimum absolute atomic E-state index is 0.0273. The van der Waals surface area contributed by atoms with Crippen LogP contribution in [-0.2, 0) is 4.79 Å². The number of carbonyl (C=O) groups is 1. The highest BCUT2D eigenvalue weighted by molar-refractivity contribution is 7.42. The van der Waals surface area contributed by atoms with Crippen LogP contribution in [0.25, 0.3) is 0 Å². The Morgan fingerprint density at radius 1 is 1.29 bits per heavy atom. The zero-order valence-electron chi connectivity index (χ0n) is 9.37. The Morgan fingerprint density at radius 2 is 1.88 bits per heavy atom. The van der Waals surface area contributed by atoms with E-state index in [0.717, 1.165) is 19.3 Å². The van der Waals surface area contributed by atoms with Gasteiger partial charge in [-0.1, -0.05) is 26.2 Å². The molecule has 0 aromatic heterocycles. The lowest BCUT2D eigenvalue weighted by molar-refractivity contribution is -0.177. The van der Waals surface area contributed by atoms with Crippen molar-refractivity contribution in [1.82, 2.24) is 10.2 Å².